The Hall–Kier alpha value is -0.850. The lowest BCUT2D eigenvalue weighted by atomic mass is 9.60. The van der Waals surface area contributed by atoms with Crippen LogP contribution < -0.4 is 0 Å². The molecule has 3 fully saturated rings. The maximum atomic E-state index is 13.5. The van der Waals surface area contributed by atoms with Gasteiger partial charge in [0.25, 0.3) is 0 Å². The molecular formula is C29H43F. The Kier molecular flexibility index (Phi) is 6.54. The highest BCUT2D eigenvalue weighted by atomic mass is 19.1. The topological polar surface area (TPSA) is 0 Å². The van der Waals surface area contributed by atoms with Crippen molar-refractivity contribution in [1.82, 2.24) is 0 Å². The van der Waals surface area contributed by atoms with Crippen LogP contribution in [0.1, 0.15) is 102 Å². The molecule has 0 spiro atoms. The van der Waals surface area contributed by atoms with E-state index in [0.717, 1.165) is 47.8 Å². The summed E-state index contributed by atoms with van der Waals surface area (Å²) in [6.07, 6.45) is 21.7. The Labute approximate surface area is 184 Å². The minimum Gasteiger partial charge on any atom is -0.207 e. The van der Waals surface area contributed by atoms with Gasteiger partial charge < -0.3 is 0 Å². The summed E-state index contributed by atoms with van der Waals surface area (Å²) in [5.74, 6) is 7.01. The number of rotatable bonds is 4. The quantitative estimate of drug-likeness (QED) is 0.467. The molecule has 1 heteroatoms. The van der Waals surface area contributed by atoms with Gasteiger partial charge in [-0.25, -0.2) is 4.39 Å². The van der Waals surface area contributed by atoms with E-state index in [1.165, 1.54) is 75.3 Å². The lowest BCUT2D eigenvalue weighted by Gasteiger charge is -2.46. The molecule has 0 radical (unpaired) electrons. The third kappa shape index (κ3) is 4.51. The van der Waals surface area contributed by atoms with Crippen LogP contribution >= 0.6 is 0 Å². The third-order valence-corrected chi connectivity index (χ3v) is 10.0. The van der Waals surface area contributed by atoms with Gasteiger partial charge in [0.15, 0.2) is 0 Å². The predicted octanol–water partition coefficient (Wildman–Crippen LogP) is 8.37. The second-order valence-corrected chi connectivity index (χ2v) is 11.7. The van der Waals surface area contributed by atoms with Crippen molar-refractivity contribution in [2.24, 2.45) is 41.4 Å². The van der Waals surface area contributed by atoms with E-state index in [0.29, 0.717) is 0 Å². The van der Waals surface area contributed by atoms with Crippen LogP contribution in [0.25, 0.3) is 0 Å². The van der Waals surface area contributed by atoms with E-state index < -0.39 is 0 Å². The van der Waals surface area contributed by atoms with Crippen LogP contribution in [0, 0.1) is 47.2 Å². The molecule has 1 aromatic rings. The first-order chi connectivity index (χ1) is 14.7. The SMILES string of the molecule is CCCC1CCC2CC(C3CCC(C4CCc5cc(F)ccc5C4)CC3)CCC2C1. The summed E-state index contributed by atoms with van der Waals surface area (Å²) in [4.78, 5) is 0. The number of hydrogen-bond acceptors (Lipinski definition) is 0. The highest BCUT2D eigenvalue weighted by Gasteiger charge is 2.39. The van der Waals surface area contributed by atoms with Crippen LogP contribution in [0.5, 0.6) is 0 Å². The zero-order valence-corrected chi connectivity index (χ0v) is 19.3. The van der Waals surface area contributed by atoms with Crippen molar-refractivity contribution in [2.75, 3.05) is 0 Å². The average Bonchev–Trinajstić information content (AvgIpc) is 2.79. The first kappa shape index (κ1) is 21.0. The molecule has 30 heavy (non-hydrogen) atoms. The molecule has 0 heterocycles. The minimum absolute atomic E-state index is 0.0544. The van der Waals surface area contributed by atoms with Gasteiger partial charge >= 0.3 is 0 Å². The fourth-order valence-electron chi connectivity index (χ4n) is 8.36. The van der Waals surface area contributed by atoms with E-state index in [1.54, 1.807) is 37.8 Å². The van der Waals surface area contributed by atoms with Gasteiger partial charge in [0.2, 0.25) is 0 Å². The highest BCUT2D eigenvalue weighted by molar-refractivity contribution is 5.30. The molecule has 0 aliphatic heterocycles. The van der Waals surface area contributed by atoms with Gasteiger partial charge in [-0.15, -0.1) is 0 Å². The van der Waals surface area contributed by atoms with Crippen LogP contribution in [-0.2, 0) is 12.8 Å². The van der Waals surface area contributed by atoms with E-state index in [4.69, 9.17) is 0 Å². The fraction of sp³-hybridized carbons (Fsp3) is 0.793. The van der Waals surface area contributed by atoms with Gasteiger partial charge in [-0.05, 0) is 142 Å². The molecular weight excluding hydrogens is 367 g/mol. The summed E-state index contributed by atoms with van der Waals surface area (Å²) < 4.78 is 13.5. The second kappa shape index (κ2) is 9.33. The molecule has 4 aliphatic rings. The molecule has 0 aromatic heterocycles. The highest BCUT2D eigenvalue weighted by Crippen LogP contribution is 2.50. The van der Waals surface area contributed by atoms with Crippen LogP contribution in [0.2, 0.25) is 0 Å². The van der Waals surface area contributed by atoms with Crippen molar-refractivity contribution in [1.29, 1.82) is 0 Å². The van der Waals surface area contributed by atoms with Gasteiger partial charge in [-0.2, -0.15) is 0 Å². The number of halogens is 1. The Morgan fingerprint density at radius 3 is 2.10 bits per heavy atom. The molecule has 4 aliphatic carbocycles. The van der Waals surface area contributed by atoms with E-state index in [2.05, 4.69) is 13.0 Å². The molecule has 3 saturated carbocycles. The third-order valence-electron chi connectivity index (χ3n) is 10.0. The Bertz CT molecular complexity index is 700. The maximum absolute atomic E-state index is 13.5. The zero-order valence-electron chi connectivity index (χ0n) is 19.3. The monoisotopic (exact) mass is 410 g/mol. The molecule has 0 saturated heterocycles. The number of aryl methyl sites for hydroxylation is 1. The molecule has 166 valence electrons. The maximum Gasteiger partial charge on any atom is 0.123 e. The summed E-state index contributed by atoms with van der Waals surface area (Å²) in [5, 5.41) is 0. The van der Waals surface area contributed by atoms with Gasteiger partial charge in [0.1, 0.15) is 5.82 Å². The number of fused-ring (bicyclic) bond motifs is 2. The molecule has 1 aromatic carbocycles. The van der Waals surface area contributed by atoms with Crippen LogP contribution in [0.4, 0.5) is 4.39 Å². The smallest absolute Gasteiger partial charge is 0.123 e. The largest absolute Gasteiger partial charge is 0.207 e. The molecule has 0 amide bonds. The van der Waals surface area contributed by atoms with Crippen molar-refractivity contribution in [2.45, 2.75) is 103 Å². The Morgan fingerprint density at radius 2 is 1.33 bits per heavy atom. The van der Waals surface area contributed by atoms with E-state index >= 15 is 0 Å². The molecule has 0 N–H and O–H groups in total. The summed E-state index contributed by atoms with van der Waals surface area (Å²) in [7, 11) is 0. The van der Waals surface area contributed by atoms with E-state index in [-0.39, 0.29) is 5.82 Å². The summed E-state index contributed by atoms with van der Waals surface area (Å²) in [6.45, 7) is 2.37. The second-order valence-electron chi connectivity index (χ2n) is 11.7. The predicted molar refractivity (Wildman–Crippen MR) is 124 cm³/mol. The molecule has 5 atom stereocenters. The lowest BCUT2D eigenvalue weighted by Crippen LogP contribution is -2.35. The Balaban J connectivity index is 1.11. The first-order valence-corrected chi connectivity index (χ1v) is 13.5. The van der Waals surface area contributed by atoms with Crippen molar-refractivity contribution >= 4 is 0 Å². The summed E-state index contributed by atoms with van der Waals surface area (Å²) in [5.41, 5.74) is 2.72. The van der Waals surface area contributed by atoms with Gasteiger partial charge in [-0.3, -0.25) is 0 Å². The van der Waals surface area contributed by atoms with Gasteiger partial charge in [0.05, 0.1) is 0 Å². The van der Waals surface area contributed by atoms with Crippen LogP contribution in [0.15, 0.2) is 18.2 Å². The van der Waals surface area contributed by atoms with Crippen LogP contribution in [0.3, 0.4) is 0 Å². The lowest BCUT2D eigenvalue weighted by molar-refractivity contribution is 0.0530. The summed E-state index contributed by atoms with van der Waals surface area (Å²) in [6, 6.07) is 5.52. The normalized spacial score (nSPS) is 39.2. The minimum atomic E-state index is -0.0544. The average molecular weight is 411 g/mol. The molecule has 5 unspecified atom stereocenters. The van der Waals surface area contributed by atoms with Crippen molar-refractivity contribution in [3.05, 3.63) is 35.1 Å². The molecule has 5 rings (SSSR count). The number of benzene rings is 1. The van der Waals surface area contributed by atoms with E-state index in [9.17, 15) is 4.39 Å². The van der Waals surface area contributed by atoms with Crippen LogP contribution in [-0.4, -0.2) is 0 Å². The van der Waals surface area contributed by atoms with Crippen molar-refractivity contribution in [3.8, 4) is 0 Å². The van der Waals surface area contributed by atoms with Crippen molar-refractivity contribution < 1.29 is 4.39 Å². The fourth-order valence-corrected chi connectivity index (χ4v) is 8.36. The zero-order chi connectivity index (χ0) is 20.5. The van der Waals surface area contributed by atoms with E-state index in [1.807, 2.05) is 0 Å². The number of hydrogen-bond donors (Lipinski definition) is 0. The van der Waals surface area contributed by atoms with Crippen molar-refractivity contribution in [3.63, 3.8) is 0 Å². The summed E-state index contributed by atoms with van der Waals surface area (Å²) >= 11 is 0. The Morgan fingerprint density at radius 1 is 0.700 bits per heavy atom. The first-order valence-electron chi connectivity index (χ1n) is 13.5. The van der Waals surface area contributed by atoms with Gasteiger partial charge in [0, 0.05) is 0 Å². The van der Waals surface area contributed by atoms with Gasteiger partial charge in [-0.1, -0.05) is 32.3 Å². The standard InChI is InChI=1S/C29H43F/c1-2-3-20-4-5-26-17-24(11-10-23(26)16-20)21-6-8-22(9-7-21)25-12-13-28-19-29(30)15-14-27(28)18-25/h14-15,19-26H,2-13,16-18H2,1H3. The molecule has 0 nitrogen and oxygen atoms in total. The molecule has 0 bridgehead atoms.